The number of hydrogen-bond acceptors (Lipinski definition) is 6. The first-order valence-electron chi connectivity index (χ1n) is 9.12. The smallest absolute Gasteiger partial charge is 0.248 e. The highest BCUT2D eigenvalue weighted by molar-refractivity contribution is 8.00. The van der Waals surface area contributed by atoms with E-state index in [1.54, 1.807) is 23.5 Å². The van der Waals surface area contributed by atoms with E-state index in [0.717, 1.165) is 26.9 Å². The van der Waals surface area contributed by atoms with Gasteiger partial charge in [-0.15, -0.1) is 23.1 Å². The Hall–Kier alpha value is -3.10. The SMILES string of the molecule is Cc1nc(COc2ccc(/C=C/C(=O)Nc3ccccc3SCC(N)=O)cc2)cs1. The van der Waals surface area contributed by atoms with Gasteiger partial charge in [0.2, 0.25) is 11.8 Å². The number of nitrogens with zero attached hydrogens (tertiary/aromatic N) is 1. The zero-order valence-electron chi connectivity index (χ0n) is 16.3. The van der Waals surface area contributed by atoms with Crippen molar-refractivity contribution in [2.45, 2.75) is 18.4 Å². The van der Waals surface area contributed by atoms with E-state index >= 15 is 0 Å². The van der Waals surface area contributed by atoms with Crippen molar-refractivity contribution in [3.8, 4) is 5.75 Å². The largest absolute Gasteiger partial charge is 0.487 e. The second-order valence-electron chi connectivity index (χ2n) is 6.29. The number of rotatable bonds is 9. The van der Waals surface area contributed by atoms with Gasteiger partial charge >= 0.3 is 0 Å². The highest BCUT2D eigenvalue weighted by Gasteiger charge is 2.06. The first kappa shape index (κ1) is 21.6. The maximum Gasteiger partial charge on any atom is 0.248 e. The molecule has 0 aliphatic heterocycles. The Balaban J connectivity index is 1.54. The Bertz CT molecular complexity index is 1050. The minimum Gasteiger partial charge on any atom is -0.487 e. The van der Waals surface area contributed by atoms with Gasteiger partial charge in [0.15, 0.2) is 0 Å². The third-order valence-electron chi connectivity index (χ3n) is 3.88. The summed E-state index contributed by atoms with van der Waals surface area (Å²) in [5.41, 5.74) is 7.62. The molecule has 30 heavy (non-hydrogen) atoms. The van der Waals surface area contributed by atoms with Crippen LogP contribution in [0, 0.1) is 6.92 Å². The Morgan fingerprint density at radius 1 is 1.20 bits per heavy atom. The highest BCUT2D eigenvalue weighted by Crippen LogP contribution is 2.26. The van der Waals surface area contributed by atoms with E-state index in [1.165, 1.54) is 17.8 Å². The number of ether oxygens (including phenoxy) is 1. The minimum absolute atomic E-state index is 0.152. The Morgan fingerprint density at radius 3 is 2.67 bits per heavy atom. The molecular weight excluding hydrogens is 418 g/mol. The molecule has 0 bridgehead atoms. The third kappa shape index (κ3) is 6.75. The van der Waals surface area contributed by atoms with Crippen LogP contribution in [0.5, 0.6) is 5.75 Å². The molecule has 0 aliphatic carbocycles. The van der Waals surface area contributed by atoms with Crippen LogP contribution in [0.2, 0.25) is 0 Å². The van der Waals surface area contributed by atoms with Gasteiger partial charge in [0, 0.05) is 16.4 Å². The molecule has 1 heterocycles. The summed E-state index contributed by atoms with van der Waals surface area (Å²) in [5, 5.41) is 5.82. The van der Waals surface area contributed by atoms with Gasteiger partial charge in [0.1, 0.15) is 12.4 Å². The third-order valence-corrected chi connectivity index (χ3v) is 5.79. The van der Waals surface area contributed by atoms with E-state index in [-0.39, 0.29) is 11.7 Å². The van der Waals surface area contributed by atoms with Gasteiger partial charge in [-0.05, 0) is 42.8 Å². The predicted octanol–water partition coefficient (Wildman–Crippen LogP) is 4.26. The van der Waals surface area contributed by atoms with Crippen LogP contribution < -0.4 is 15.8 Å². The Morgan fingerprint density at radius 2 is 1.97 bits per heavy atom. The number of nitrogens with two attached hydrogens (primary N) is 1. The fourth-order valence-corrected chi connectivity index (χ4v) is 3.84. The average Bonchev–Trinajstić information content (AvgIpc) is 3.16. The van der Waals surface area contributed by atoms with E-state index < -0.39 is 5.91 Å². The van der Waals surface area contributed by atoms with Crippen LogP contribution in [-0.4, -0.2) is 22.6 Å². The molecule has 0 spiro atoms. The van der Waals surface area contributed by atoms with Crippen molar-refractivity contribution in [3.05, 3.63) is 76.3 Å². The number of thioether (sulfide) groups is 1. The van der Waals surface area contributed by atoms with Gasteiger partial charge in [0.05, 0.1) is 22.1 Å². The van der Waals surface area contributed by atoms with Gasteiger partial charge in [0.25, 0.3) is 0 Å². The maximum absolute atomic E-state index is 12.3. The molecule has 0 saturated carbocycles. The molecule has 3 aromatic rings. The molecule has 0 saturated heterocycles. The minimum atomic E-state index is -0.407. The average molecular weight is 440 g/mol. The van der Waals surface area contributed by atoms with Crippen LogP contribution in [0.3, 0.4) is 0 Å². The fourth-order valence-electron chi connectivity index (χ4n) is 2.50. The number of aryl methyl sites for hydroxylation is 1. The first-order valence-corrected chi connectivity index (χ1v) is 11.0. The molecule has 0 atom stereocenters. The molecule has 2 aromatic carbocycles. The van der Waals surface area contributed by atoms with Gasteiger partial charge in [-0.3, -0.25) is 9.59 Å². The second kappa shape index (κ2) is 10.6. The van der Waals surface area contributed by atoms with Crippen LogP contribution >= 0.6 is 23.1 Å². The summed E-state index contributed by atoms with van der Waals surface area (Å²) in [4.78, 5) is 28.4. The fraction of sp³-hybridized carbons (Fsp3) is 0.136. The van der Waals surface area contributed by atoms with Crippen molar-refractivity contribution in [1.82, 2.24) is 4.98 Å². The van der Waals surface area contributed by atoms with Crippen LogP contribution in [-0.2, 0) is 16.2 Å². The topological polar surface area (TPSA) is 94.3 Å². The lowest BCUT2D eigenvalue weighted by Gasteiger charge is -2.08. The number of aromatic nitrogens is 1. The van der Waals surface area contributed by atoms with Crippen LogP contribution in [0.1, 0.15) is 16.3 Å². The van der Waals surface area contributed by atoms with Crippen LogP contribution in [0.15, 0.2) is 64.9 Å². The number of anilines is 1. The molecule has 3 rings (SSSR count). The first-order chi connectivity index (χ1) is 14.5. The van der Waals surface area contributed by atoms with Gasteiger partial charge in [-0.25, -0.2) is 4.98 Å². The number of carbonyl (C=O) groups is 2. The molecule has 154 valence electrons. The van der Waals surface area contributed by atoms with Crippen molar-refractivity contribution in [3.63, 3.8) is 0 Å². The molecule has 0 unspecified atom stereocenters. The summed E-state index contributed by atoms with van der Waals surface area (Å²) in [6, 6.07) is 14.7. The summed E-state index contributed by atoms with van der Waals surface area (Å²) in [6.45, 7) is 2.39. The van der Waals surface area contributed by atoms with Crippen LogP contribution in [0.25, 0.3) is 6.08 Å². The summed E-state index contributed by atoms with van der Waals surface area (Å²) in [5.74, 6) is 0.221. The number of carbonyl (C=O) groups excluding carboxylic acids is 2. The van der Waals surface area contributed by atoms with Crippen molar-refractivity contribution in [2.24, 2.45) is 5.73 Å². The molecule has 1 aromatic heterocycles. The van der Waals surface area contributed by atoms with E-state index in [2.05, 4.69) is 10.3 Å². The molecule has 0 radical (unpaired) electrons. The molecule has 6 nitrogen and oxygen atoms in total. The summed E-state index contributed by atoms with van der Waals surface area (Å²) < 4.78 is 5.72. The number of primary amides is 1. The Kier molecular flexibility index (Phi) is 7.64. The number of amides is 2. The number of thiazole rings is 1. The van der Waals surface area contributed by atoms with Crippen molar-refractivity contribution in [1.29, 1.82) is 0 Å². The zero-order chi connectivity index (χ0) is 21.3. The number of benzene rings is 2. The van der Waals surface area contributed by atoms with Gasteiger partial charge in [-0.2, -0.15) is 0 Å². The predicted molar refractivity (Wildman–Crippen MR) is 122 cm³/mol. The summed E-state index contributed by atoms with van der Waals surface area (Å²) in [7, 11) is 0. The summed E-state index contributed by atoms with van der Waals surface area (Å²) in [6.07, 6.45) is 3.19. The lowest BCUT2D eigenvalue weighted by molar-refractivity contribution is -0.115. The molecular formula is C22H21N3O3S2. The molecule has 8 heteroatoms. The van der Waals surface area contributed by atoms with E-state index in [9.17, 15) is 9.59 Å². The van der Waals surface area contributed by atoms with Gasteiger partial charge in [-0.1, -0.05) is 24.3 Å². The van der Waals surface area contributed by atoms with E-state index in [0.29, 0.717) is 12.3 Å². The lowest BCUT2D eigenvalue weighted by atomic mass is 10.2. The number of para-hydroxylation sites is 1. The molecule has 0 fully saturated rings. The molecule has 3 N–H and O–H groups in total. The van der Waals surface area contributed by atoms with Crippen molar-refractivity contribution < 1.29 is 14.3 Å². The van der Waals surface area contributed by atoms with Crippen molar-refractivity contribution in [2.75, 3.05) is 11.1 Å². The van der Waals surface area contributed by atoms with E-state index in [4.69, 9.17) is 10.5 Å². The quantitative estimate of drug-likeness (QED) is 0.384. The van der Waals surface area contributed by atoms with Crippen molar-refractivity contribution >= 4 is 46.7 Å². The highest BCUT2D eigenvalue weighted by atomic mass is 32.2. The Labute approximate surface area is 183 Å². The second-order valence-corrected chi connectivity index (χ2v) is 8.37. The zero-order valence-corrected chi connectivity index (χ0v) is 18.0. The lowest BCUT2D eigenvalue weighted by Crippen LogP contribution is -2.13. The maximum atomic E-state index is 12.3. The van der Waals surface area contributed by atoms with Gasteiger partial charge < -0.3 is 15.8 Å². The number of hydrogen-bond donors (Lipinski definition) is 2. The molecule has 2 amide bonds. The normalized spacial score (nSPS) is 10.8. The van der Waals surface area contributed by atoms with E-state index in [1.807, 2.05) is 54.8 Å². The standard InChI is InChI=1S/C22H21N3O3S2/c1-15-24-17(13-29-15)12-28-18-9-6-16(7-10-18)8-11-22(27)25-19-4-2-3-5-20(19)30-14-21(23)26/h2-11,13H,12,14H2,1H3,(H2,23,26)(H,25,27)/b11-8+. The number of nitrogens with one attached hydrogen (secondary N) is 1. The summed E-state index contributed by atoms with van der Waals surface area (Å²) >= 11 is 2.88. The monoisotopic (exact) mass is 439 g/mol. The van der Waals surface area contributed by atoms with Crippen LogP contribution in [0.4, 0.5) is 5.69 Å². The molecule has 0 aliphatic rings.